The normalized spacial score (nSPS) is 12.4. The summed E-state index contributed by atoms with van der Waals surface area (Å²) < 4.78 is 10.4. The molecule has 0 aromatic heterocycles. The molecular formula is C25H26N2O4S. The number of hydrogen-bond acceptors (Lipinski definition) is 6. The second-order valence-electron chi connectivity index (χ2n) is 7.19. The second-order valence-corrected chi connectivity index (χ2v) is 8.38. The van der Waals surface area contributed by atoms with Crippen LogP contribution in [0.3, 0.4) is 0 Å². The minimum Gasteiger partial charge on any atom is -0.467 e. The van der Waals surface area contributed by atoms with Crippen LogP contribution in [0, 0.1) is 6.92 Å². The molecule has 1 unspecified atom stereocenters. The number of carbonyl (C=O) groups is 2. The van der Waals surface area contributed by atoms with Crippen LogP contribution in [-0.2, 0) is 20.9 Å². The van der Waals surface area contributed by atoms with Crippen LogP contribution in [0.5, 0.6) is 0 Å². The van der Waals surface area contributed by atoms with Crippen molar-refractivity contribution < 1.29 is 19.1 Å². The van der Waals surface area contributed by atoms with E-state index < -0.39 is 23.4 Å². The third kappa shape index (κ3) is 6.28. The molecule has 3 aromatic rings. The number of carbonyl (C=O) groups excluding carboxylic acids is 2. The molecule has 0 saturated heterocycles. The maximum Gasteiger partial charge on any atom is 0.408 e. The number of anilines is 1. The first-order valence-corrected chi connectivity index (χ1v) is 11.0. The third-order valence-electron chi connectivity index (χ3n) is 4.82. The molecule has 7 heteroatoms. The summed E-state index contributed by atoms with van der Waals surface area (Å²) in [6, 6.07) is 23.5. The Morgan fingerprint density at radius 2 is 1.62 bits per heavy atom. The molecule has 1 amide bonds. The van der Waals surface area contributed by atoms with Gasteiger partial charge >= 0.3 is 12.1 Å². The molecule has 0 spiro atoms. The molecule has 0 aliphatic rings. The quantitative estimate of drug-likeness (QED) is 0.289. The lowest BCUT2D eigenvalue weighted by molar-refractivity contribution is -0.143. The highest BCUT2D eigenvalue weighted by molar-refractivity contribution is 7.99. The monoisotopic (exact) mass is 450 g/mol. The van der Waals surface area contributed by atoms with Crippen LogP contribution in [-0.4, -0.2) is 25.2 Å². The molecular weight excluding hydrogens is 424 g/mol. The summed E-state index contributed by atoms with van der Waals surface area (Å²) >= 11 is 1.39. The van der Waals surface area contributed by atoms with Crippen molar-refractivity contribution in [3.8, 4) is 0 Å². The Morgan fingerprint density at radius 1 is 0.969 bits per heavy atom. The number of alkyl carbamates (subject to hydrolysis) is 1. The van der Waals surface area contributed by atoms with Crippen LogP contribution >= 0.6 is 11.8 Å². The molecule has 166 valence electrons. The average molecular weight is 451 g/mol. The SMILES string of the molecule is COC(=O)[C@@H](NC(=O)OCc1ccccc1)C(Sc1ccccc1N)c1ccc(C)cc1. The molecule has 0 bridgehead atoms. The molecule has 0 fully saturated rings. The highest BCUT2D eigenvalue weighted by atomic mass is 32.2. The van der Waals surface area contributed by atoms with E-state index in [-0.39, 0.29) is 6.61 Å². The molecule has 3 rings (SSSR count). The van der Waals surface area contributed by atoms with E-state index in [1.807, 2.05) is 79.7 Å². The van der Waals surface area contributed by atoms with Gasteiger partial charge in [0.05, 0.1) is 12.4 Å². The highest BCUT2D eigenvalue weighted by Gasteiger charge is 2.34. The Morgan fingerprint density at radius 3 is 2.28 bits per heavy atom. The zero-order valence-electron chi connectivity index (χ0n) is 18.0. The Balaban J connectivity index is 1.86. The van der Waals surface area contributed by atoms with E-state index in [0.717, 1.165) is 21.6 Å². The van der Waals surface area contributed by atoms with Gasteiger partial charge in [-0.3, -0.25) is 0 Å². The van der Waals surface area contributed by atoms with Crippen LogP contribution in [0.25, 0.3) is 0 Å². The maximum atomic E-state index is 12.7. The fourth-order valence-electron chi connectivity index (χ4n) is 3.09. The van der Waals surface area contributed by atoms with Crippen molar-refractivity contribution in [3.05, 3.63) is 95.6 Å². The van der Waals surface area contributed by atoms with Crippen molar-refractivity contribution in [2.75, 3.05) is 12.8 Å². The fraction of sp³-hybridized carbons (Fsp3) is 0.200. The number of thioether (sulfide) groups is 1. The van der Waals surface area contributed by atoms with E-state index in [2.05, 4.69) is 5.32 Å². The van der Waals surface area contributed by atoms with Gasteiger partial charge in [0.2, 0.25) is 0 Å². The molecule has 3 N–H and O–H groups in total. The van der Waals surface area contributed by atoms with Gasteiger partial charge in [0.15, 0.2) is 0 Å². The van der Waals surface area contributed by atoms with E-state index in [1.165, 1.54) is 18.9 Å². The van der Waals surface area contributed by atoms with E-state index in [0.29, 0.717) is 5.69 Å². The van der Waals surface area contributed by atoms with Gasteiger partial charge in [0, 0.05) is 10.6 Å². The van der Waals surface area contributed by atoms with Gasteiger partial charge in [-0.15, -0.1) is 11.8 Å². The van der Waals surface area contributed by atoms with Crippen molar-refractivity contribution in [2.24, 2.45) is 0 Å². The first kappa shape index (κ1) is 23.2. The number of methoxy groups -OCH3 is 1. The molecule has 0 aliphatic heterocycles. The van der Waals surface area contributed by atoms with Crippen molar-refractivity contribution in [1.29, 1.82) is 0 Å². The lowest BCUT2D eigenvalue weighted by Gasteiger charge is -2.26. The van der Waals surface area contributed by atoms with Crippen molar-refractivity contribution >= 4 is 29.5 Å². The molecule has 32 heavy (non-hydrogen) atoms. The van der Waals surface area contributed by atoms with Gasteiger partial charge in [-0.25, -0.2) is 9.59 Å². The van der Waals surface area contributed by atoms with Gasteiger partial charge in [-0.2, -0.15) is 0 Å². The number of nitrogen functional groups attached to an aromatic ring is 1. The van der Waals surface area contributed by atoms with Crippen molar-refractivity contribution in [2.45, 2.75) is 29.7 Å². The molecule has 0 aliphatic carbocycles. The number of ether oxygens (including phenoxy) is 2. The van der Waals surface area contributed by atoms with Crippen LogP contribution in [0.2, 0.25) is 0 Å². The molecule has 0 saturated carbocycles. The summed E-state index contributed by atoms with van der Waals surface area (Å²) in [6.45, 7) is 2.08. The topological polar surface area (TPSA) is 90.6 Å². The largest absolute Gasteiger partial charge is 0.467 e. The summed E-state index contributed by atoms with van der Waals surface area (Å²) in [6.07, 6.45) is -0.706. The lowest BCUT2D eigenvalue weighted by atomic mass is 10.0. The first-order valence-electron chi connectivity index (χ1n) is 10.1. The van der Waals surface area contributed by atoms with E-state index >= 15 is 0 Å². The number of benzene rings is 3. The number of aryl methyl sites for hydroxylation is 1. The number of nitrogens with one attached hydrogen (secondary N) is 1. The Labute approximate surface area is 192 Å². The molecule has 2 atom stereocenters. The minimum atomic E-state index is -0.990. The van der Waals surface area contributed by atoms with Gasteiger partial charge in [-0.05, 0) is 30.2 Å². The second kappa shape index (κ2) is 11.2. The Kier molecular flexibility index (Phi) is 8.16. The summed E-state index contributed by atoms with van der Waals surface area (Å²) in [7, 11) is 1.29. The standard InChI is InChI=1S/C25H26N2O4S/c1-17-12-14-19(15-13-17)23(32-21-11-7-6-10-20(21)26)22(24(28)30-2)27-25(29)31-16-18-8-4-3-5-9-18/h3-15,22-23H,16,26H2,1-2H3,(H,27,29)/t22-,23?/m0/s1. The van der Waals surface area contributed by atoms with Crippen LogP contribution in [0.15, 0.2) is 83.8 Å². The maximum absolute atomic E-state index is 12.7. The number of nitrogens with two attached hydrogens (primary N) is 1. The van der Waals surface area contributed by atoms with Crippen molar-refractivity contribution in [1.82, 2.24) is 5.32 Å². The zero-order valence-corrected chi connectivity index (χ0v) is 18.8. The van der Waals surface area contributed by atoms with E-state index in [9.17, 15) is 9.59 Å². The van der Waals surface area contributed by atoms with Crippen molar-refractivity contribution in [3.63, 3.8) is 0 Å². The Bertz CT molecular complexity index is 1040. The number of rotatable bonds is 8. The van der Waals surface area contributed by atoms with E-state index in [4.69, 9.17) is 15.2 Å². The van der Waals surface area contributed by atoms with Gasteiger partial charge < -0.3 is 20.5 Å². The van der Waals surface area contributed by atoms with Gasteiger partial charge in [0.1, 0.15) is 12.6 Å². The third-order valence-corrected chi connectivity index (χ3v) is 6.25. The summed E-state index contributed by atoms with van der Waals surface area (Å²) in [5, 5.41) is 2.20. The average Bonchev–Trinajstić information content (AvgIpc) is 2.82. The molecule has 6 nitrogen and oxygen atoms in total. The summed E-state index contributed by atoms with van der Waals surface area (Å²) in [5.74, 6) is -0.575. The van der Waals surface area contributed by atoms with Crippen LogP contribution in [0.1, 0.15) is 21.9 Å². The number of hydrogen-bond donors (Lipinski definition) is 2. The first-order chi connectivity index (χ1) is 15.5. The Hall–Kier alpha value is -3.45. The summed E-state index contributed by atoms with van der Waals surface area (Å²) in [4.78, 5) is 26.1. The number of amides is 1. The van der Waals surface area contributed by atoms with Gasteiger partial charge in [0.25, 0.3) is 0 Å². The number of esters is 1. The van der Waals surface area contributed by atoms with Gasteiger partial charge in [-0.1, -0.05) is 72.3 Å². The van der Waals surface area contributed by atoms with Crippen LogP contribution in [0.4, 0.5) is 10.5 Å². The van der Waals surface area contributed by atoms with E-state index in [1.54, 1.807) is 6.07 Å². The number of para-hydroxylation sites is 1. The highest BCUT2D eigenvalue weighted by Crippen LogP contribution is 2.40. The predicted molar refractivity (Wildman–Crippen MR) is 126 cm³/mol. The molecule has 3 aromatic carbocycles. The minimum absolute atomic E-state index is 0.0918. The predicted octanol–water partition coefficient (Wildman–Crippen LogP) is 4.88. The zero-order chi connectivity index (χ0) is 22.9. The molecule has 0 radical (unpaired) electrons. The summed E-state index contributed by atoms with van der Waals surface area (Å²) in [5.41, 5.74) is 9.51. The lowest BCUT2D eigenvalue weighted by Crippen LogP contribution is -2.45. The smallest absolute Gasteiger partial charge is 0.408 e. The molecule has 0 heterocycles. The fourth-order valence-corrected chi connectivity index (χ4v) is 4.33. The van der Waals surface area contributed by atoms with Crippen LogP contribution < -0.4 is 11.1 Å².